The van der Waals surface area contributed by atoms with Crippen LogP contribution in [0.25, 0.3) is 0 Å². The summed E-state index contributed by atoms with van der Waals surface area (Å²) in [5.74, 6) is -0.404. The molecule has 0 radical (unpaired) electrons. The second kappa shape index (κ2) is 7.57. The molecule has 20 heavy (non-hydrogen) atoms. The molecule has 1 aliphatic rings. The van der Waals surface area contributed by atoms with Crippen molar-refractivity contribution in [1.29, 1.82) is 0 Å². The third kappa shape index (κ3) is 5.07. The lowest BCUT2D eigenvalue weighted by molar-refractivity contribution is 0.153. The monoisotopic (exact) mass is 281 g/mol. The summed E-state index contributed by atoms with van der Waals surface area (Å²) in [6.45, 7) is 7.20. The van der Waals surface area contributed by atoms with E-state index in [9.17, 15) is 9.50 Å². The Kier molecular flexibility index (Phi) is 5.76. The first-order valence-electron chi connectivity index (χ1n) is 7.23. The molecule has 1 aromatic carbocycles. The van der Waals surface area contributed by atoms with Gasteiger partial charge in [-0.1, -0.05) is 0 Å². The highest BCUT2D eigenvalue weighted by Crippen LogP contribution is 2.14. The Bertz CT molecular complexity index is 399. The van der Waals surface area contributed by atoms with Gasteiger partial charge >= 0.3 is 0 Å². The van der Waals surface area contributed by atoms with Crippen LogP contribution in [-0.4, -0.2) is 61.2 Å². The molecule has 1 fully saturated rings. The Labute approximate surface area is 120 Å². The van der Waals surface area contributed by atoms with E-state index in [0.29, 0.717) is 6.54 Å². The molecule has 112 valence electrons. The summed E-state index contributed by atoms with van der Waals surface area (Å²) < 4.78 is 13.1. The molecular formula is C15H24FN3O. The van der Waals surface area contributed by atoms with Crippen molar-refractivity contribution in [2.75, 3.05) is 46.3 Å². The van der Waals surface area contributed by atoms with E-state index in [0.717, 1.165) is 57.3 Å². The quantitative estimate of drug-likeness (QED) is 0.770. The van der Waals surface area contributed by atoms with Crippen LogP contribution in [0.5, 0.6) is 5.75 Å². The molecule has 2 N–H and O–H groups in total. The number of halogens is 1. The number of nitrogens with zero attached hydrogens (tertiary/aromatic N) is 2. The molecular weight excluding hydrogens is 257 g/mol. The highest BCUT2D eigenvalue weighted by atomic mass is 19.1. The van der Waals surface area contributed by atoms with Gasteiger partial charge in [-0.15, -0.1) is 0 Å². The van der Waals surface area contributed by atoms with Crippen LogP contribution in [0.2, 0.25) is 0 Å². The van der Waals surface area contributed by atoms with E-state index >= 15 is 0 Å². The van der Waals surface area contributed by atoms with Crippen molar-refractivity contribution < 1.29 is 9.50 Å². The molecule has 0 unspecified atom stereocenters. The molecule has 0 bridgehead atoms. The molecule has 0 saturated carbocycles. The Morgan fingerprint density at radius 2 is 1.95 bits per heavy atom. The summed E-state index contributed by atoms with van der Waals surface area (Å²) in [5.41, 5.74) is 0.780. The number of phenols is 1. The first-order chi connectivity index (χ1) is 9.63. The van der Waals surface area contributed by atoms with Crippen molar-refractivity contribution in [3.63, 3.8) is 0 Å². The summed E-state index contributed by atoms with van der Waals surface area (Å²) in [6.07, 6.45) is 1.09. The van der Waals surface area contributed by atoms with Crippen LogP contribution in [0.1, 0.15) is 12.0 Å². The summed E-state index contributed by atoms with van der Waals surface area (Å²) in [4.78, 5) is 4.83. The Morgan fingerprint density at radius 1 is 1.20 bits per heavy atom. The van der Waals surface area contributed by atoms with E-state index in [2.05, 4.69) is 22.2 Å². The molecule has 1 aliphatic heterocycles. The number of phenolic OH excluding ortho intramolecular Hbond substituents is 1. The Morgan fingerprint density at radius 3 is 2.65 bits per heavy atom. The highest BCUT2D eigenvalue weighted by molar-refractivity contribution is 5.28. The summed E-state index contributed by atoms with van der Waals surface area (Å²) >= 11 is 0. The van der Waals surface area contributed by atoms with Gasteiger partial charge in [0.15, 0.2) is 0 Å². The van der Waals surface area contributed by atoms with E-state index in [1.165, 1.54) is 6.07 Å². The first-order valence-corrected chi connectivity index (χ1v) is 7.23. The molecule has 0 spiro atoms. The molecule has 5 heteroatoms. The summed E-state index contributed by atoms with van der Waals surface area (Å²) in [5, 5.41) is 12.6. The van der Waals surface area contributed by atoms with Crippen LogP contribution in [-0.2, 0) is 6.54 Å². The molecule has 0 atom stereocenters. The average molecular weight is 281 g/mol. The number of aromatic hydroxyl groups is 1. The van der Waals surface area contributed by atoms with Crippen LogP contribution in [0.15, 0.2) is 18.2 Å². The van der Waals surface area contributed by atoms with E-state index < -0.39 is 0 Å². The van der Waals surface area contributed by atoms with E-state index in [1.54, 1.807) is 6.07 Å². The molecule has 1 aromatic rings. The van der Waals surface area contributed by atoms with E-state index in [-0.39, 0.29) is 11.6 Å². The predicted octanol–water partition coefficient (Wildman–Crippen LogP) is 1.26. The largest absolute Gasteiger partial charge is 0.508 e. The number of piperazine rings is 1. The maximum absolute atomic E-state index is 13.1. The van der Waals surface area contributed by atoms with Crippen molar-refractivity contribution in [2.45, 2.75) is 13.0 Å². The Balaban J connectivity index is 1.59. The van der Waals surface area contributed by atoms with Crippen molar-refractivity contribution in [3.05, 3.63) is 29.6 Å². The fraction of sp³-hybridized carbons (Fsp3) is 0.600. The zero-order valence-corrected chi connectivity index (χ0v) is 12.1. The number of benzene rings is 1. The fourth-order valence-corrected chi connectivity index (χ4v) is 2.47. The van der Waals surface area contributed by atoms with Crippen molar-refractivity contribution in [1.82, 2.24) is 15.1 Å². The zero-order chi connectivity index (χ0) is 14.4. The van der Waals surface area contributed by atoms with Gasteiger partial charge < -0.3 is 20.2 Å². The maximum atomic E-state index is 13.1. The van der Waals surface area contributed by atoms with Gasteiger partial charge in [0.2, 0.25) is 0 Å². The zero-order valence-electron chi connectivity index (χ0n) is 12.1. The second-order valence-electron chi connectivity index (χ2n) is 5.49. The van der Waals surface area contributed by atoms with Crippen LogP contribution in [0, 0.1) is 5.82 Å². The van der Waals surface area contributed by atoms with Gasteiger partial charge in [0, 0.05) is 38.8 Å². The summed E-state index contributed by atoms with van der Waals surface area (Å²) in [6, 6.07) is 4.17. The smallest absolute Gasteiger partial charge is 0.127 e. The normalized spacial score (nSPS) is 17.5. The second-order valence-corrected chi connectivity index (χ2v) is 5.49. The highest BCUT2D eigenvalue weighted by Gasteiger charge is 2.12. The van der Waals surface area contributed by atoms with Crippen molar-refractivity contribution in [2.24, 2.45) is 0 Å². The number of hydrogen-bond donors (Lipinski definition) is 2. The van der Waals surface area contributed by atoms with Gasteiger partial charge in [0.25, 0.3) is 0 Å². The molecule has 0 amide bonds. The molecule has 1 heterocycles. The van der Waals surface area contributed by atoms with Gasteiger partial charge in [0.1, 0.15) is 11.6 Å². The lowest BCUT2D eigenvalue weighted by atomic mass is 10.2. The molecule has 4 nitrogen and oxygen atoms in total. The van der Waals surface area contributed by atoms with Gasteiger partial charge in [0.05, 0.1) is 0 Å². The minimum atomic E-state index is -0.390. The SMILES string of the molecule is CN1CCN(CCCNCc2cc(O)cc(F)c2)CC1. The molecule has 0 aromatic heterocycles. The fourth-order valence-electron chi connectivity index (χ4n) is 2.47. The topological polar surface area (TPSA) is 38.7 Å². The molecule has 0 aliphatic carbocycles. The van der Waals surface area contributed by atoms with Gasteiger partial charge in [-0.3, -0.25) is 0 Å². The number of nitrogens with one attached hydrogen (secondary N) is 1. The van der Waals surface area contributed by atoms with E-state index in [4.69, 9.17) is 0 Å². The molecule has 2 rings (SSSR count). The number of rotatable bonds is 6. The van der Waals surface area contributed by atoms with E-state index in [1.807, 2.05) is 0 Å². The number of likely N-dealkylation sites (N-methyl/N-ethyl adjacent to an activating group) is 1. The van der Waals surface area contributed by atoms with Crippen LogP contribution in [0.3, 0.4) is 0 Å². The minimum Gasteiger partial charge on any atom is -0.508 e. The number of hydrogen-bond acceptors (Lipinski definition) is 4. The van der Waals surface area contributed by atoms with Gasteiger partial charge in [-0.05, 0) is 44.3 Å². The first kappa shape index (κ1) is 15.2. The van der Waals surface area contributed by atoms with Crippen LogP contribution in [0.4, 0.5) is 4.39 Å². The van der Waals surface area contributed by atoms with Crippen molar-refractivity contribution in [3.8, 4) is 5.75 Å². The Hall–Kier alpha value is -1.17. The standard InChI is InChI=1S/C15H24FN3O/c1-18-5-7-19(8-6-18)4-2-3-17-12-13-9-14(16)11-15(20)10-13/h9-11,17,20H,2-8,12H2,1H3. The third-order valence-electron chi connectivity index (χ3n) is 3.70. The lowest BCUT2D eigenvalue weighted by Gasteiger charge is -2.32. The molecule has 1 saturated heterocycles. The van der Waals surface area contributed by atoms with Crippen molar-refractivity contribution >= 4 is 0 Å². The third-order valence-corrected chi connectivity index (χ3v) is 3.70. The predicted molar refractivity (Wildman–Crippen MR) is 78.3 cm³/mol. The minimum absolute atomic E-state index is 0.0146. The lowest BCUT2D eigenvalue weighted by Crippen LogP contribution is -2.45. The van der Waals surface area contributed by atoms with Crippen LogP contribution < -0.4 is 5.32 Å². The van der Waals surface area contributed by atoms with Gasteiger partial charge in [-0.25, -0.2) is 4.39 Å². The summed E-state index contributed by atoms with van der Waals surface area (Å²) in [7, 11) is 2.16. The van der Waals surface area contributed by atoms with Crippen LogP contribution >= 0.6 is 0 Å². The average Bonchev–Trinajstić information content (AvgIpc) is 2.39. The maximum Gasteiger partial charge on any atom is 0.127 e. The van der Waals surface area contributed by atoms with Gasteiger partial charge in [-0.2, -0.15) is 0 Å².